The fraction of sp³-hybridized carbons (Fsp3) is 0.250. The third kappa shape index (κ3) is 1.97. The van der Waals surface area contributed by atoms with Gasteiger partial charge < -0.3 is 10.6 Å². The van der Waals surface area contributed by atoms with Gasteiger partial charge in [-0.05, 0) is 42.6 Å². The number of likely N-dealkylation sites (N-methyl/N-ethyl adjacent to an activating group) is 1. The Balaban J connectivity index is 1.81. The number of anilines is 1. The van der Waals surface area contributed by atoms with Gasteiger partial charge in [0.1, 0.15) is 15.6 Å². The number of nitrogens with zero attached hydrogens (tertiary/aromatic N) is 1. The van der Waals surface area contributed by atoms with Crippen molar-refractivity contribution in [3.8, 4) is 0 Å². The van der Waals surface area contributed by atoms with Crippen LogP contribution in [0, 0.1) is 5.82 Å². The second-order valence-corrected chi connectivity index (χ2v) is 8.90. The zero-order valence-corrected chi connectivity index (χ0v) is 16.5. The van der Waals surface area contributed by atoms with E-state index in [0.717, 1.165) is 28.6 Å². The zero-order valence-electron chi connectivity index (χ0n) is 14.9. The molecule has 5 nitrogen and oxygen atoms in total. The SMILES string of the molecule is CN1C[C@H](c2ccc(F)cc2)[C@]2(SC(=O)NC2=S)[C@]12C(=O)Nc1ccccc12. The Morgan fingerprint density at radius 2 is 1.86 bits per heavy atom. The van der Waals surface area contributed by atoms with Gasteiger partial charge in [-0.1, -0.05) is 42.5 Å². The quantitative estimate of drug-likeness (QED) is 0.703. The summed E-state index contributed by atoms with van der Waals surface area (Å²) in [5.41, 5.74) is 1.23. The summed E-state index contributed by atoms with van der Waals surface area (Å²) in [6, 6.07) is 13.7. The highest BCUT2D eigenvalue weighted by atomic mass is 32.2. The highest BCUT2D eigenvalue weighted by Crippen LogP contribution is 2.64. The maximum atomic E-state index is 13.5. The highest BCUT2D eigenvalue weighted by molar-refractivity contribution is 8.17. The van der Waals surface area contributed by atoms with Crippen LogP contribution in [-0.2, 0) is 10.3 Å². The lowest BCUT2D eigenvalue weighted by Gasteiger charge is -2.42. The summed E-state index contributed by atoms with van der Waals surface area (Å²) >= 11 is 6.75. The molecule has 2 saturated heterocycles. The number of rotatable bonds is 1. The number of fused-ring (bicyclic) bond motifs is 3. The predicted molar refractivity (Wildman–Crippen MR) is 110 cm³/mol. The third-order valence-electron chi connectivity index (χ3n) is 6.03. The minimum atomic E-state index is -1.14. The van der Waals surface area contributed by atoms with E-state index in [2.05, 4.69) is 10.6 Å². The summed E-state index contributed by atoms with van der Waals surface area (Å²) < 4.78 is 12.5. The Morgan fingerprint density at radius 3 is 2.54 bits per heavy atom. The van der Waals surface area contributed by atoms with Gasteiger partial charge in [-0.2, -0.15) is 0 Å². The molecule has 0 aliphatic carbocycles. The second kappa shape index (κ2) is 5.85. The van der Waals surface area contributed by atoms with Crippen LogP contribution in [0.15, 0.2) is 48.5 Å². The number of likely N-dealkylation sites (tertiary alicyclic amines) is 1. The summed E-state index contributed by atoms with van der Waals surface area (Å²) in [5.74, 6) is -0.808. The van der Waals surface area contributed by atoms with Crippen molar-refractivity contribution < 1.29 is 14.0 Å². The smallest absolute Gasteiger partial charge is 0.284 e. The Hall–Kier alpha value is -2.29. The van der Waals surface area contributed by atoms with Crippen LogP contribution in [0.3, 0.4) is 0 Å². The number of halogens is 1. The van der Waals surface area contributed by atoms with Crippen LogP contribution in [0.5, 0.6) is 0 Å². The first-order valence-corrected chi connectivity index (χ1v) is 10.1. The lowest BCUT2D eigenvalue weighted by atomic mass is 9.72. The van der Waals surface area contributed by atoms with E-state index in [-0.39, 0.29) is 22.9 Å². The van der Waals surface area contributed by atoms with Crippen LogP contribution in [0.1, 0.15) is 17.0 Å². The second-order valence-electron chi connectivity index (χ2n) is 7.27. The van der Waals surface area contributed by atoms with Crippen molar-refractivity contribution in [2.24, 2.45) is 0 Å². The molecule has 28 heavy (non-hydrogen) atoms. The van der Waals surface area contributed by atoms with Gasteiger partial charge in [-0.3, -0.25) is 14.5 Å². The number of carbonyl (C=O) groups excluding carboxylic acids is 2. The normalized spacial score (nSPS) is 31.5. The summed E-state index contributed by atoms with van der Waals surface area (Å²) in [6.07, 6.45) is 0. The number of carbonyl (C=O) groups is 2. The van der Waals surface area contributed by atoms with Crippen molar-refractivity contribution in [2.75, 3.05) is 18.9 Å². The molecule has 8 heteroatoms. The van der Waals surface area contributed by atoms with Crippen LogP contribution in [0.2, 0.25) is 0 Å². The van der Waals surface area contributed by atoms with Crippen LogP contribution >= 0.6 is 24.0 Å². The van der Waals surface area contributed by atoms with Gasteiger partial charge in [0.15, 0.2) is 5.54 Å². The fourth-order valence-corrected chi connectivity index (χ4v) is 6.99. The molecule has 142 valence electrons. The lowest BCUT2D eigenvalue weighted by Crippen LogP contribution is -2.61. The number of para-hydroxylation sites is 1. The first-order chi connectivity index (χ1) is 13.4. The molecule has 0 bridgehead atoms. The van der Waals surface area contributed by atoms with Crippen LogP contribution in [0.25, 0.3) is 0 Å². The molecule has 0 saturated carbocycles. The first-order valence-electron chi connectivity index (χ1n) is 8.83. The summed E-state index contributed by atoms with van der Waals surface area (Å²) in [5, 5.41) is 5.46. The van der Waals surface area contributed by atoms with Gasteiger partial charge in [0.25, 0.3) is 11.1 Å². The molecule has 0 radical (unpaired) electrons. The number of hydrogen-bond acceptors (Lipinski definition) is 5. The number of thiocarbonyl (C=S) groups is 1. The minimum absolute atomic E-state index is 0.202. The fourth-order valence-electron chi connectivity index (χ4n) is 4.97. The molecule has 2 aromatic rings. The average molecular weight is 413 g/mol. The Kier molecular flexibility index (Phi) is 3.72. The van der Waals surface area contributed by atoms with Crippen LogP contribution < -0.4 is 10.6 Å². The van der Waals surface area contributed by atoms with Crippen LogP contribution in [-0.4, -0.2) is 39.4 Å². The van der Waals surface area contributed by atoms with Crippen molar-refractivity contribution >= 4 is 45.8 Å². The minimum Gasteiger partial charge on any atom is -0.324 e. The standard InChI is InChI=1S/C20H16FN3O2S2/c1-24-10-14(11-6-8-12(21)9-7-11)20(17(27)23-18(26)28-20)19(24)13-4-2-3-5-15(13)22-16(19)25/h2-9,14H,10H2,1H3,(H,22,25)(H,23,26,27)/t14-,19+,20-/m1/s1. The van der Waals surface area contributed by atoms with Gasteiger partial charge in [-0.15, -0.1) is 0 Å². The van der Waals surface area contributed by atoms with E-state index in [0.29, 0.717) is 11.5 Å². The molecular formula is C20H16FN3O2S2. The average Bonchev–Trinajstić information content (AvgIpc) is 3.23. The highest BCUT2D eigenvalue weighted by Gasteiger charge is 2.75. The molecular weight excluding hydrogens is 397 g/mol. The van der Waals surface area contributed by atoms with Crippen molar-refractivity contribution in [3.63, 3.8) is 0 Å². The monoisotopic (exact) mass is 413 g/mol. The number of benzene rings is 2. The van der Waals surface area contributed by atoms with Crippen molar-refractivity contribution in [1.29, 1.82) is 0 Å². The maximum absolute atomic E-state index is 13.5. The van der Waals surface area contributed by atoms with E-state index >= 15 is 0 Å². The molecule has 2 N–H and O–H groups in total. The molecule has 0 unspecified atom stereocenters. The first kappa shape index (κ1) is 17.8. The molecule has 3 atom stereocenters. The molecule has 3 aliphatic heterocycles. The van der Waals surface area contributed by atoms with Crippen LogP contribution in [0.4, 0.5) is 14.9 Å². The lowest BCUT2D eigenvalue weighted by molar-refractivity contribution is -0.125. The Morgan fingerprint density at radius 1 is 1.14 bits per heavy atom. The Bertz CT molecular complexity index is 1040. The molecule has 5 rings (SSSR count). The molecule has 3 aliphatic rings. The van der Waals surface area contributed by atoms with E-state index < -0.39 is 10.3 Å². The number of amides is 2. The van der Waals surface area contributed by atoms with E-state index in [1.165, 1.54) is 12.1 Å². The summed E-state index contributed by atoms with van der Waals surface area (Å²) in [4.78, 5) is 28.3. The van der Waals surface area contributed by atoms with Gasteiger partial charge in [-0.25, -0.2) is 4.39 Å². The molecule has 2 spiro atoms. The molecule has 2 fully saturated rings. The molecule has 2 aromatic carbocycles. The zero-order chi connectivity index (χ0) is 19.7. The van der Waals surface area contributed by atoms with Gasteiger partial charge in [0.05, 0.1) is 0 Å². The number of nitrogens with one attached hydrogen (secondary N) is 2. The van der Waals surface area contributed by atoms with E-state index in [1.54, 1.807) is 12.1 Å². The third-order valence-corrected chi connectivity index (χ3v) is 7.98. The number of thioether (sulfide) groups is 1. The largest absolute Gasteiger partial charge is 0.324 e. The topological polar surface area (TPSA) is 61.4 Å². The van der Waals surface area contributed by atoms with Crippen molar-refractivity contribution in [3.05, 3.63) is 65.5 Å². The number of hydrogen-bond donors (Lipinski definition) is 2. The van der Waals surface area contributed by atoms with E-state index in [9.17, 15) is 14.0 Å². The molecule has 3 heterocycles. The Labute approximate surface area is 170 Å². The van der Waals surface area contributed by atoms with E-state index in [1.807, 2.05) is 36.2 Å². The van der Waals surface area contributed by atoms with Crippen molar-refractivity contribution in [2.45, 2.75) is 16.2 Å². The molecule has 0 aromatic heterocycles. The maximum Gasteiger partial charge on any atom is 0.284 e. The summed E-state index contributed by atoms with van der Waals surface area (Å²) in [7, 11) is 1.87. The molecule has 2 amide bonds. The van der Waals surface area contributed by atoms with Crippen molar-refractivity contribution in [1.82, 2.24) is 10.2 Å². The summed E-state index contributed by atoms with van der Waals surface area (Å²) in [6.45, 7) is 0.496. The van der Waals surface area contributed by atoms with E-state index in [4.69, 9.17) is 12.2 Å². The van der Waals surface area contributed by atoms with Gasteiger partial charge in [0.2, 0.25) is 0 Å². The van der Waals surface area contributed by atoms with Gasteiger partial charge in [0, 0.05) is 23.7 Å². The van der Waals surface area contributed by atoms with Gasteiger partial charge >= 0.3 is 0 Å². The predicted octanol–water partition coefficient (Wildman–Crippen LogP) is 3.22.